The first kappa shape index (κ1) is 10.6. The summed E-state index contributed by atoms with van der Waals surface area (Å²) < 4.78 is 0. The minimum atomic E-state index is 0.480. The van der Waals surface area contributed by atoms with Crippen molar-refractivity contribution in [3.8, 4) is 0 Å². The third kappa shape index (κ3) is 2.48. The molecule has 0 radical (unpaired) electrons. The molecule has 1 heteroatoms. The monoisotopic (exact) mass is 232 g/mol. The predicted molar refractivity (Wildman–Crippen MR) is 58.7 cm³/mol. The third-order valence-electron chi connectivity index (χ3n) is 3.15. The summed E-state index contributed by atoms with van der Waals surface area (Å²) in [6.45, 7) is 9.46. The van der Waals surface area contributed by atoms with Gasteiger partial charge in [-0.3, -0.25) is 0 Å². The van der Waals surface area contributed by atoms with Gasteiger partial charge in [0.2, 0.25) is 0 Å². The molecule has 1 aliphatic rings. The number of rotatable bonds is 0. The van der Waals surface area contributed by atoms with Crippen LogP contribution in [0.5, 0.6) is 0 Å². The van der Waals surface area contributed by atoms with E-state index < -0.39 is 0 Å². The zero-order valence-electron chi connectivity index (χ0n) is 8.73. The Kier molecular flexibility index (Phi) is 3.25. The van der Waals surface area contributed by atoms with Crippen LogP contribution in [-0.4, -0.2) is 4.83 Å². The molecule has 0 N–H and O–H groups in total. The minimum Gasteiger partial charge on any atom is -0.0887 e. The van der Waals surface area contributed by atoms with Gasteiger partial charge in [-0.25, -0.2) is 0 Å². The van der Waals surface area contributed by atoms with Crippen molar-refractivity contribution in [1.82, 2.24) is 0 Å². The van der Waals surface area contributed by atoms with Crippen molar-refractivity contribution in [2.24, 2.45) is 17.3 Å². The highest BCUT2D eigenvalue weighted by Crippen LogP contribution is 2.43. The Morgan fingerprint density at radius 2 is 1.75 bits per heavy atom. The molecule has 0 bridgehead atoms. The number of halogens is 1. The maximum absolute atomic E-state index is 3.83. The van der Waals surface area contributed by atoms with E-state index in [9.17, 15) is 0 Å². The van der Waals surface area contributed by atoms with Gasteiger partial charge in [0.05, 0.1) is 0 Å². The Morgan fingerprint density at radius 1 is 1.17 bits per heavy atom. The van der Waals surface area contributed by atoms with Gasteiger partial charge in [0.15, 0.2) is 0 Å². The topological polar surface area (TPSA) is 0 Å². The van der Waals surface area contributed by atoms with Crippen LogP contribution in [0.25, 0.3) is 0 Å². The van der Waals surface area contributed by atoms with E-state index in [4.69, 9.17) is 0 Å². The lowest BCUT2D eigenvalue weighted by molar-refractivity contribution is 0.166. The van der Waals surface area contributed by atoms with E-state index in [1.165, 1.54) is 19.3 Å². The van der Waals surface area contributed by atoms with Crippen molar-refractivity contribution in [2.45, 2.75) is 51.8 Å². The highest BCUT2D eigenvalue weighted by atomic mass is 79.9. The molecule has 1 fully saturated rings. The highest BCUT2D eigenvalue weighted by molar-refractivity contribution is 9.09. The molecule has 0 amide bonds. The molecule has 1 rings (SSSR count). The fourth-order valence-electron chi connectivity index (χ4n) is 2.29. The minimum absolute atomic E-state index is 0.480. The van der Waals surface area contributed by atoms with Crippen LogP contribution in [0.3, 0.4) is 0 Å². The maximum Gasteiger partial charge on any atom is 0.0181 e. The summed E-state index contributed by atoms with van der Waals surface area (Å²) >= 11 is 3.83. The summed E-state index contributed by atoms with van der Waals surface area (Å²) in [7, 11) is 0. The smallest absolute Gasteiger partial charge is 0.0181 e. The Morgan fingerprint density at radius 3 is 2.17 bits per heavy atom. The Bertz CT molecular complexity index is 146. The Balaban J connectivity index is 2.57. The molecule has 0 aromatic carbocycles. The normalized spacial score (nSPS) is 38.2. The summed E-state index contributed by atoms with van der Waals surface area (Å²) in [6, 6.07) is 0. The molecule has 12 heavy (non-hydrogen) atoms. The quantitative estimate of drug-likeness (QED) is 0.549. The lowest BCUT2D eigenvalue weighted by Crippen LogP contribution is -2.33. The maximum atomic E-state index is 3.83. The van der Waals surface area contributed by atoms with Gasteiger partial charge in [-0.2, -0.15) is 0 Å². The first-order valence-corrected chi connectivity index (χ1v) is 5.97. The second-order valence-corrected chi connectivity index (χ2v) is 6.58. The van der Waals surface area contributed by atoms with Crippen LogP contribution < -0.4 is 0 Å². The van der Waals surface area contributed by atoms with E-state index in [0.29, 0.717) is 5.41 Å². The largest absolute Gasteiger partial charge is 0.0887 e. The number of hydrogen-bond donors (Lipinski definition) is 0. The Hall–Kier alpha value is 0.480. The summed E-state index contributed by atoms with van der Waals surface area (Å²) in [4.78, 5) is 0.751. The van der Waals surface area contributed by atoms with Gasteiger partial charge < -0.3 is 0 Å². The SMILES string of the molecule is CC1CCC(C(C)(C)C)C(Br)C1. The van der Waals surface area contributed by atoms with Gasteiger partial charge in [0.1, 0.15) is 0 Å². The third-order valence-corrected chi connectivity index (χ3v) is 4.16. The van der Waals surface area contributed by atoms with E-state index in [0.717, 1.165) is 16.7 Å². The second-order valence-electron chi connectivity index (χ2n) is 5.41. The fraction of sp³-hybridized carbons (Fsp3) is 1.00. The molecule has 3 atom stereocenters. The summed E-state index contributed by atoms with van der Waals surface area (Å²) in [5, 5.41) is 0. The predicted octanol–water partition coefficient (Wildman–Crippen LogP) is 4.23. The first-order chi connectivity index (χ1) is 5.41. The second kappa shape index (κ2) is 3.69. The highest BCUT2D eigenvalue weighted by Gasteiger charge is 2.34. The van der Waals surface area contributed by atoms with Crippen molar-refractivity contribution < 1.29 is 0 Å². The summed E-state index contributed by atoms with van der Waals surface area (Å²) in [5.41, 5.74) is 0.480. The molecule has 3 unspecified atom stereocenters. The van der Waals surface area contributed by atoms with Gasteiger partial charge in [-0.05, 0) is 30.1 Å². The van der Waals surface area contributed by atoms with Crippen LogP contribution in [0.1, 0.15) is 47.0 Å². The zero-order valence-corrected chi connectivity index (χ0v) is 10.3. The molecule has 0 spiro atoms. The van der Waals surface area contributed by atoms with Crippen LogP contribution in [-0.2, 0) is 0 Å². The van der Waals surface area contributed by atoms with Crippen LogP contribution in [0.2, 0.25) is 0 Å². The molecule has 0 saturated heterocycles. The van der Waals surface area contributed by atoms with Crippen LogP contribution in [0, 0.1) is 17.3 Å². The first-order valence-electron chi connectivity index (χ1n) is 5.05. The lowest BCUT2D eigenvalue weighted by Gasteiger charge is -2.39. The molecular weight excluding hydrogens is 212 g/mol. The molecule has 0 heterocycles. The van der Waals surface area contributed by atoms with Crippen LogP contribution >= 0.6 is 15.9 Å². The van der Waals surface area contributed by atoms with E-state index in [1.807, 2.05) is 0 Å². The average Bonchev–Trinajstić information content (AvgIpc) is 1.83. The molecule has 0 aromatic rings. The van der Waals surface area contributed by atoms with Crippen LogP contribution in [0.15, 0.2) is 0 Å². The van der Waals surface area contributed by atoms with Gasteiger partial charge in [0, 0.05) is 4.83 Å². The average molecular weight is 233 g/mol. The van der Waals surface area contributed by atoms with E-state index >= 15 is 0 Å². The van der Waals surface area contributed by atoms with E-state index in [-0.39, 0.29) is 0 Å². The molecule has 0 nitrogen and oxygen atoms in total. The fourth-order valence-corrected chi connectivity index (χ4v) is 3.98. The van der Waals surface area contributed by atoms with Crippen molar-refractivity contribution >= 4 is 15.9 Å². The zero-order chi connectivity index (χ0) is 9.35. The van der Waals surface area contributed by atoms with Gasteiger partial charge in [0.25, 0.3) is 0 Å². The lowest BCUT2D eigenvalue weighted by atomic mass is 9.70. The number of alkyl halides is 1. The van der Waals surface area contributed by atoms with Crippen molar-refractivity contribution in [2.75, 3.05) is 0 Å². The molecule has 1 saturated carbocycles. The molecular formula is C11H21Br. The molecule has 0 aromatic heterocycles. The molecule has 1 aliphatic carbocycles. The number of hydrogen-bond acceptors (Lipinski definition) is 0. The van der Waals surface area contributed by atoms with E-state index in [2.05, 4.69) is 43.6 Å². The van der Waals surface area contributed by atoms with Gasteiger partial charge >= 0.3 is 0 Å². The Labute approximate surface area is 85.3 Å². The van der Waals surface area contributed by atoms with E-state index in [1.54, 1.807) is 0 Å². The molecule has 0 aliphatic heterocycles. The molecule has 72 valence electrons. The van der Waals surface area contributed by atoms with Crippen molar-refractivity contribution in [3.63, 3.8) is 0 Å². The summed E-state index contributed by atoms with van der Waals surface area (Å²) in [5.74, 6) is 1.79. The summed E-state index contributed by atoms with van der Waals surface area (Å²) in [6.07, 6.45) is 4.19. The standard InChI is InChI=1S/C11H21Br/c1-8-5-6-9(10(12)7-8)11(2,3)4/h8-10H,5-7H2,1-4H3. The van der Waals surface area contributed by atoms with Crippen LogP contribution in [0.4, 0.5) is 0 Å². The van der Waals surface area contributed by atoms with Crippen molar-refractivity contribution in [1.29, 1.82) is 0 Å². The van der Waals surface area contributed by atoms with Crippen molar-refractivity contribution in [3.05, 3.63) is 0 Å². The van der Waals surface area contributed by atoms with Gasteiger partial charge in [-0.15, -0.1) is 0 Å². The van der Waals surface area contributed by atoms with Gasteiger partial charge in [-0.1, -0.05) is 50.0 Å².